The Morgan fingerprint density at radius 2 is 1.83 bits per heavy atom. The van der Waals surface area contributed by atoms with Crippen LogP contribution in [0.25, 0.3) is 11.1 Å². The van der Waals surface area contributed by atoms with Gasteiger partial charge in [0.25, 0.3) is 0 Å². The van der Waals surface area contributed by atoms with Crippen LogP contribution in [0, 0.1) is 12.3 Å². The molecule has 4 heteroatoms. The molecule has 1 fully saturated rings. The third kappa shape index (κ3) is 2.68. The van der Waals surface area contributed by atoms with E-state index in [0.29, 0.717) is 12.2 Å². The number of carbonyl (C=O) groups excluding carboxylic acids is 1. The Hall–Kier alpha value is -2.62. The second-order valence-electron chi connectivity index (χ2n) is 6.94. The van der Waals surface area contributed by atoms with Gasteiger partial charge in [0.2, 0.25) is 5.91 Å². The van der Waals surface area contributed by atoms with E-state index in [1.54, 1.807) is 23.1 Å². The Kier molecular flexibility index (Phi) is 3.91. The minimum Gasteiger partial charge on any atom is -0.478 e. The van der Waals surface area contributed by atoms with Gasteiger partial charge in [-0.3, -0.25) is 4.79 Å². The number of carboxylic acids is 1. The highest BCUT2D eigenvalue weighted by Gasteiger charge is 2.40. The Balaban J connectivity index is 2.19. The first-order valence-electron chi connectivity index (χ1n) is 8.06. The van der Waals surface area contributed by atoms with Crippen LogP contribution in [0.3, 0.4) is 0 Å². The average molecular weight is 323 g/mol. The van der Waals surface area contributed by atoms with Gasteiger partial charge in [0.05, 0.1) is 11.3 Å². The lowest BCUT2D eigenvalue weighted by molar-refractivity contribution is -0.123. The molecule has 1 heterocycles. The zero-order valence-corrected chi connectivity index (χ0v) is 14.2. The Morgan fingerprint density at radius 3 is 2.42 bits per heavy atom. The molecule has 1 N–H and O–H groups in total. The van der Waals surface area contributed by atoms with E-state index < -0.39 is 11.4 Å². The van der Waals surface area contributed by atoms with Crippen LogP contribution in [0.4, 0.5) is 5.69 Å². The van der Waals surface area contributed by atoms with Crippen molar-refractivity contribution in [3.63, 3.8) is 0 Å². The molecule has 1 aliphatic rings. The molecule has 2 aromatic carbocycles. The van der Waals surface area contributed by atoms with Gasteiger partial charge in [0, 0.05) is 17.5 Å². The van der Waals surface area contributed by atoms with Crippen molar-refractivity contribution in [1.82, 2.24) is 0 Å². The molecule has 0 radical (unpaired) electrons. The second-order valence-corrected chi connectivity index (χ2v) is 6.94. The summed E-state index contributed by atoms with van der Waals surface area (Å²) in [6.45, 7) is 6.49. The van der Waals surface area contributed by atoms with Crippen LogP contribution in [-0.2, 0) is 4.79 Å². The summed E-state index contributed by atoms with van der Waals surface area (Å²) in [5.74, 6) is -0.946. The summed E-state index contributed by atoms with van der Waals surface area (Å²) in [6, 6.07) is 12.9. The van der Waals surface area contributed by atoms with Gasteiger partial charge in [-0.15, -0.1) is 0 Å². The summed E-state index contributed by atoms with van der Waals surface area (Å²) in [4.78, 5) is 25.9. The summed E-state index contributed by atoms with van der Waals surface area (Å²) in [5, 5.41) is 9.33. The summed E-state index contributed by atoms with van der Waals surface area (Å²) in [6.07, 6.45) is 0.760. The zero-order chi connectivity index (χ0) is 17.5. The second kappa shape index (κ2) is 5.78. The van der Waals surface area contributed by atoms with E-state index in [1.807, 2.05) is 45.0 Å². The van der Waals surface area contributed by atoms with Crippen molar-refractivity contribution >= 4 is 17.6 Å². The van der Waals surface area contributed by atoms with Gasteiger partial charge in [0.15, 0.2) is 0 Å². The van der Waals surface area contributed by atoms with Crippen LogP contribution in [0.5, 0.6) is 0 Å². The van der Waals surface area contributed by atoms with Gasteiger partial charge < -0.3 is 10.0 Å². The van der Waals surface area contributed by atoms with Crippen LogP contribution >= 0.6 is 0 Å². The summed E-state index contributed by atoms with van der Waals surface area (Å²) in [7, 11) is 0. The molecule has 0 atom stereocenters. The number of hydrogen-bond acceptors (Lipinski definition) is 2. The molecule has 24 heavy (non-hydrogen) atoms. The van der Waals surface area contributed by atoms with Gasteiger partial charge in [-0.2, -0.15) is 0 Å². The number of nitrogens with zero attached hydrogens (tertiary/aromatic N) is 1. The van der Waals surface area contributed by atoms with Gasteiger partial charge in [0.1, 0.15) is 0 Å². The third-order valence-electron chi connectivity index (χ3n) is 4.76. The number of anilines is 1. The van der Waals surface area contributed by atoms with Crippen molar-refractivity contribution < 1.29 is 14.7 Å². The van der Waals surface area contributed by atoms with E-state index in [1.165, 1.54) is 0 Å². The highest BCUT2D eigenvalue weighted by molar-refractivity contribution is 6.04. The maximum atomic E-state index is 12.8. The number of amides is 1. The largest absolute Gasteiger partial charge is 0.478 e. The van der Waals surface area contributed by atoms with Crippen LogP contribution in [0.1, 0.15) is 36.2 Å². The van der Waals surface area contributed by atoms with E-state index >= 15 is 0 Å². The number of hydrogen-bond donors (Lipinski definition) is 1. The van der Waals surface area contributed by atoms with Gasteiger partial charge in [-0.1, -0.05) is 44.2 Å². The quantitative estimate of drug-likeness (QED) is 0.924. The van der Waals surface area contributed by atoms with Crippen molar-refractivity contribution in [2.24, 2.45) is 5.41 Å². The van der Waals surface area contributed by atoms with Crippen LogP contribution in [-0.4, -0.2) is 23.5 Å². The fourth-order valence-corrected chi connectivity index (χ4v) is 3.19. The van der Waals surface area contributed by atoms with E-state index in [4.69, 9.17) is 0 Å². The molecule has 1 aliphatic heterocycles. The first-order chi connectivity index (χ1) is 11.3. The summed E-state index contributed by atoms with van der Waals surface area (Å²) < 4.78 is 0. The van der Waals surface area contributed by atoms with E-state index in [9.17, 15) is 14.7 Å². The molecule has 4 nitrogen and oxygen atoms in total. The normalized spacial score (nSPS) is 16.5. The molecule has 0 spiro atoms. The first-order valence-corrected chi connectivity index (χ1v) is 8.06. The van der Waals surface area contributed by atoms with E-state index in [0.717, 1.165) is 23.1 Å². The predicted octanol–water partition coefficient (Wildman–Crippen LogP) is 4.12. The predicted molar refractivity (Wildman–Crippen MR) is 94.3 cm³/mol. The van der Waals surface area contributed by atoms with Crippen molar-refractivity contribution in [1.29, 1.82) is 0 Å². The lowest BCUT2D eigenvalue weighted by Gasteiger charge is -2.23. The smallest absolute Gasteiger partial charge is 0.335 e. The maximum Gasteiger partial charge on any atom is 0.335 e. The van der Waals surface area contributed by atoms with Gasteiger partial charge in [-0.05, 0) is 36.6 Å². The maximum absolute atomic E-state index is 12.8. The SMILES string of the molecule is Cc1ccccc1-c1ccc(C(=O)O)cc1N1CCC(C)(C)C1=O. The molecule has 1 amide bonds. The minimum atomic E-state index is -0.988. The molecule has 0 aromatic heterocycles. The van der Waals surface area contributed by atoms with Crippen molar-refractivity contribution in [2.75, 3.05) is 11.4 Å². The van der Waals surface area contributed by atoms with Crippen LogP contribution in [0.2, 0.25) is 0 Å². The average Bonchev–Trinajstić information content (AvgIpc) is 2.81. The lowest BCUT2D eigenvalue weighted by Crippen LogP contribution is -2.31. The fraction of sp³-hybridized carbons (Fsp3) is 0.300. The number of carbonyl (C=O) groups is 2. The molecule has 1 saturated heterocycles. The standard InChI is InChI=1S/C20H21NO3/c1-13-6-4-5-7-15(13)16-9-8-14(18(22)23)12-17(16)21-11-10-20(2,3)19(21)24/h4-9,12H,10-11H2,1-3H3,(H,22,23). The number of rotatable bonds is 3. The van der Waals surface area contributed by atoms with Crippen molar-refractivity contribution in [2.45, 2.75) is 27.2 Å². The molecular weight excluding hydrogens is 302 g/mol. The molecular formula is C20H21NO3. The van der Waals surface area contributed by atoms with Crippen molar-refractivity contribution in [3.8, 4) is 11.1 Å². The van der Waals surface area contributed by atoms with Crippen molar-refractivity contribution in [3.05, 3.63) is 53.6 Å². The minimum absolute atomic E-state index is 0.0415. The van der Waals surface area contributed by atoms with E-state index in [-0.39, 0.29) is 11.5 Å². The molecule has 0 bridgehead atoms. The van der Waals surface area contributed by atoms with Gasteiger partial charge in [-0.25, -0.2) is 4.79 Å². The van der Waals surface area contributed by atoms with Gasteiger partial charge >= 0.3 is 5.97 Å². The number of aryl methyl sites for hydroxylation is 1. The topological polar surface area (TPSA) is 57.6 Å². The first kappa shape index (κ1) is 16.2. The highest BCUT2D eigenvalue weighted by Crippen LogP contribution is 2.40. The lowest BCUT2D eigenvalue weighted by atomic mass is 9.92. The highest BCUT2D eigenvalue weighted by atomic mass is 16.4. The summed E-state index contributed by atoms with van der Waals surface area (Å²) in [5.41, 5.74) is 3.46. The van der Waals surface area contributed by atoms with E-state index in [2.05, 4.69) is 0 Å². The number of aromatic carboxylic acids is 1. The molecule has 0 unspecified atom stereocenters. The molecule has 124 valence electrons. The summed E-state index contributed by atoms with van der Waals surface area (Å²) >= 11 is 0. The number of benzene rings is 2. The molecule has 2 aromatic rings. The number of carboxylic acid groups (broad SMARTS) is 1. The van der Waals surface area contributed by atoms with Crippen LogP contribution in [0.15, 0.2) is 42.5 Å². The Bertz CT molecular complexity index is 823. The fourth-order valence-electron chi connectivity index (χ4n) is 3.19. The molecule has 0 saturated carbocycles. The van der Waals surface area contributed by atoms with Crippen LogP contribution < -0.4 is 4.90 Å². The third-order valence-corrected chi connectivity index (χ3v) is 4.76. The Labute approximate surface area is 141 Å². The monoisotopic (exact) mass is 323 g/mol. The molecule has 0 aliphatic carbocycles. The Morgan fingerprint density at radius 1 is 1.12 bits per heavy atom. The molecule has 3 rings (SSSR count). The zero-order valence-electron chi connectivity index (χ0n) is 14.2.